The van der Waals surface area contributed by atoms with Gasteiger partial charge in [-0.05, 0) is 37.2 Å². The lowest BCUT2D eigenvalue weighted by Gasteiger charge is -2.41. The van der Waals surface area contributed by atoms with Crippen LogP contribution in [-0.2, 0) is 4.79 Å². The molecule has 2 heteroatoms. The van der Waals surface area contributed by atoms with E-state index in [9.17, 15) is 9.90 Å². The van der Waals surface area contributed by atoms with Gasteiger partial charge in [-0.2, -0.15) is 0 Å². The molecule has 2 atom stereocenters. The SMILES string of the molecule is C[C@@]12CCC(=O)C=C1CC[C@H](O)C2. The first-order chi connectivity index (χ1) is 6.10. The number of aliphatic hydroxyl groups excluding tert-OH is 1. The molecule has 0 heterocycles. The third kappa shape index (κ3) is 1.55. The molecule has 0 aromatic carbocycles. The molecule has 2 aliphatic carbocycles. The Morgan fingerprint density at radius 1 is 1.54 bits per heavy atom. The lowest BCUT2D eigenvalue weighted by molar-refractivity contribution is -0.116. The predicted molar refractivity (Wildman–Crippen MR) is 50.3 cm³/mol. The maximum absolute atomic E-state index is 11.2. The van der Waals surface area contributed by atoms with Crippen molar-refractivity contribution >= 4 is 5.78 Å². The number of rotatable bonds is 0. The summed E-state index contributed by atoms with van der Waals surface area (Å²) in [5, 5.41) is 9.57. The molecule has 0 bridgehead atoms. The lowest BCUT2D eigenvalue weighted by Crippen LogP contribution is -2.34. The van der Waals surface area contributed by atoms with Gasteiger partial charge in [0.2, 0.25) is 0 Å². The van der Waals surface area contributed by atoms with Gasteiger partial charge in [0.15, 0.2) is 5.78 Å². The first-order valence-corrected chi connectivity index (χ1v) is 5.02. The van der Waals surface area contributed by atoms with E-state index in [1.807, 2.05) is 6.08 Å². The van der Waals surface area contributed by atoms with Crippen LogP contribution in [0.3, 0.4) is 0 Å². The van der Waals surface area contributed by atoms with Crippen molar-refractivity contribution in [3.63, 3.8) is 0 Å². The molecular weight excluding hydrogens is 164 g/mol. The fourth-order valence-corrected chi connectivity index (χ4v) is 2.55. The summed E-state index contributed by atoms with van der Waals surface area (Å²) in [5.74, 6) is 0.267. The zero-order valence-corrected chi connectivity index (χ0v) is 8.05. The molecule has 0 radical (unpaired) electrons. The molecule has 0 saturated heterocycles. The van der Waals surface area contributed by atoms with Gasteiger partial charge in [0.05, 0.1) is 6.10 Å². The molecule has 1 N–H and O–H groups in total. The van der Waals surface area contributed by atoms with Crippen LogP contribution in [0.15, 0.2) is 11.6 Å². The second-order valence-corrected chi connectivity index (χ2v) is 4.59. The first-order valence-electron chi connectivity index (χ1n) is 5.02. The van der Waals surface area contributed by atoms with Crippen molar-refractivity contribution in [2.45, 2.75) is 45.1 Å². The topological polar surface area (TPSA) is 37.3 Å². The average Bonchev–Trinajstić information content (AvgIpc) is 2.06. The summed E-state index contributed by atoms with van der Waals surface area (Å²) >= 11 is 0. The fourth-order valence-electron chi connectivity index (χ4n) is 2.55. The van der Waals surface area contributed by atoms with E-state index < -0.39 is 0 Å². The Morgan fingerprint density at radius 2 is 2.31 bits per heavy atom. The standard InChI is InChI=1S/C11H16O2/c1-11-5-4-9(12)6-8(11)2-3-10(13)7-11/h6,10,13H,2-5,7H2,1H3/t10-,11-/m0/s1. The fraction of sp³-hybridized carbons (Fsp3) is 0.727. The second kappa shape index (κ2) is 2.95. The quantitative estimate of drug-likeness (QED) is 0.617. The van der Waals surface area contributed by atoms with Gasteiger partial charge in [-0.15, -0.1) is 0 Å². The maximum Gasteiger partial charge on any atom is 0.155 e. The van der Waals surface area contributed by atoms with Crippen LogP contribution in [0, 0.1) is 5.41 Å². The van der Waals surface area contributed by atoms with Crippen molar-refractivity contribution < 1.29 is 9.90 Å². The molecule has 0 amide bonds. The molecule has 0 spiro atoms. The third-order valence-corrected chi connectivity index (χ3v) is 3.47. The van der Waals surface area contributed by atoms with Crippen LogP contribution in [0.4, 0.5) is 0 Å². The van der Waals surface area contributed by atoms with E-state index in [0.29, 0.717) is 6.42 Å². The van der Waals surface area contributed by atoms with Crippen LogP contribution >= 0.6 is 0 Å². The van der Waals surface area contributed by atoms with Gasteiger partial charge >= 0.3 is 0 Å². The zero-order chi connectivity index (χ0) is 9.47. The van der Waals surface area contributed by atoms with Crippen molar-refractivity contribution in [2.75, 3.05) is 0 Å². The minimum atomic E-state index is -0.157. The summed E-state index contributed by atoms with van der Waals surface area (Å²) in [6.07, 6.45) is 5.82. The highest BCUT2D eigenvalue weighted by Crippen LogP contribution is 2.46. The van der Waals surface area contributed by atoms with Crippen molar-refractivity contribution in [1.29, 1.82) is 0 Å². The van der Waals surface area contributed by atoms with E-state index >= 15 is 0 Å². The summed E-state index contributed by atoms with van der Waals surface area (Å²) in [6.45, 7) is 2.17. The molecule has 2 rings (SSSR count). The molecule has 0 aromatic heterocycles. The van der Waals surface area contributed by atoms with Gasteiger partial charge in [0.25, 0.3) is 0 Å². The largest absolute Gasteiger partial charge is 0.393 e. The van der Waals surface area contributed by atoms with E-state index in [-0.39, 0.29) is 17.3 Å². The maximum atomic E-state index is 11.2. The van der Waals surface area contributed by atoms with Gasteiger partial charge in [-0.25, -0.2) is 0 Å². The van der Waals surface area contributed by atoms with Crippen LogP contribution in [0.25, 0.3) is 0 Å². The summed E-state index contributed by atoms with van der Waals surface area (Å²) in [5.41, 5.74) is 1.39. The van der Waals surface area contributed by atoms with E-state index in [1.165, 1.54) is 5.57 Å². The highest BCUT2D eigenvalue weighted by molar-refractivity contribution is 5.91. The molecule has 0 unspecified atom stereocenters. The monoisotopic (exact) mass is 180 g/mol. The van der Waals surface area contributed by atoms with Gasteiger partial charge in [0, 0.05) is 6.42 Å². The van der Waals surface area contributed by atoms with Crippen LogP contribution in [0.5, 0.6) is 0 Å². The minimum Gasteiger partial charge on any atom is -0.393 e. The van der Waals surface area contributed by atoms with Gasteiger partial charge in [-0.3, -0.25) is 4.79 Å². The molecule has 2 nitrogen and oxygen atoms in total. The number of ketones is 1. The van der Waals surface area contributed by atoms with E-state index in [2.05, 4.69) is 6.92 Å². The normalized spacial score (nSPS) is 39.7. The Bertz CT molecular complexity index is 267. The molecular formula is C11H16O2. The zero-order valence-electron chi connectivity index (χ0n) is 8.05. The number of hydrogen-bond donors (Lipinski definition) is 1. The van der Waals surface area contributed by atoms with Crippen LogP contribution in [-0.4, -0.2) is 17.0 Å². The van der Waals surface area contributed by atoms with Crippen LogP contribution < -0.4 is 0 Å². The molecule has 1 saturated carbocycles. The van der Waals surface area contributed by atoms with Crippen molar-refractivity contribution in [3.8, 4) is 0 Å². The minimum absolute atomic E-state index is 0.117. The van der Waals surface area contributed by atoms with Crippen LogP contribution in [0.1, 0.15) is 39.0 Å². The number of aliphatic hydroxyl groups is 1. The Kier molecular flexibility index (Phi) is 2.03. The molecule has 2 aliphatic rings. The molecule has 0 aromatic rings. The Morgan fingerprint density at radius 3 is 3.08 bits per heavy atom. The molecule has 13 heavy (non-hydrogen) atoms. The lowest BCUT2D eigenvalue weighted by atomic mass is 9.65. The Balaban J connectivity index is 2.26. The molecule has 72 valence electrons. The number of carbonyl (C=O) groups is 1. The predicted octanol–water partition coefficient (Wildman–Crippen LogP) is 1.83. The number of hydrogen-bond acceptors (Lipinski definition) is 2. The van der Waals surface area contributed by atoms with Crippen LogP contribution in [0.2, 0.25) is 0 Å². The number of fused-ring (bicyclic) bond motifs is 1. The Labute approximate surface area is 78.6 Å². The summed E-state index contributed by atoms with van der Waals surface area (Å²) in [7, 11) is 0. The highest BCUT2D eigenvalue weighted by Gasteiger charge is 2.37. The summed E-state index contributed by atoms with van der Waals surface area (Å²) in [6, 6.07) is 0. The molecule has 1 fully saturated rings. The third-order valence-electron chi connectivity index (χ3n) is 3.47. The smallest absolute Gasteiger partial charge is 0.155 e. The van der Waals surface area contributed by atoms with Crippen molar-refractivity contribution in [3.05, 3.63) is 11.6 Å². The van der Waals surface area contributed by atoms with Gasteiger partial charge in [0.1, 0.15) is 0 Å². The number of allylic oxidation sites excluding steroid dienone is 2. The van der Waals surface area contributed by atoms with Gasteiger partial charge < -0.3 is 5.11 Å². The first kappa shape index (κ1) is 8.95. The summed E-state index contributed by atoms with van der Waals surface area (Å²) < 4.78 is 0. The molecule has 0 aliphatic heterocycles. The highest BCUT2D eigenvalue weighted by atomic mass is 16.3. The average molecular weight is 180 g/mol. The Hall–Kier alpha value is -0.630. The van der Waals surface area contributed by atoms with Crippen molar-refractivity contribution in [1.82, 2.24) is 0 Å². The van der Waals surface area contributed by atoms with E-state index in [4.69, 9.17) is 0 Å². The second-order valence-electron chi connectivity index (χ2n) is 4.59. The summed E-state index contributed by atoms with van der Waals surface area (Å²) in [4.78, 5) is 11.2. The van der Waals surface area contributed by atoms with Crippen molar-refractivity contribution in [2.24, 2.45) is 5.41 Å². The van der Waals surface area contributed by atoms with E-state index in [1.54, 1.807) is 0 Å². The van der Waals surface area contributed by atoms with E-state index in [0.717, 1.165) is 25.7 Å². The number of carbonyl (C=O) groups excluding carboxylic acids is 1. The van der Waals surface area contributed by atoms with Gasteiger partial charge in [-0.1, -0.05) is 12.5 Å².